The normalized spacial score (nSPS) is 11.7. The standard InChI is InChI=1S/C11H16NO2S/c1-5-12-15(13,14)11-9(3)6-8(2)7-10(11)4/h6-7,12H,1,5H2,2-4H3. The maximum Gasteiger partial charge on any atom is 0.241 e. The molecule has 0 amide bonds. The van der Waals surface area contributed by atoms with Crippen molar-refractivity contribution in [3.63, 3.8) is 0 Å². The van der Waals surface area contributed by atoms with E-state index in [9.17, 15) is 8.42 Å². The first-order chi connectivity index (χ1) is 6.88. The number of sulfonamides is 1. The van der Waals surface area contributed by atoms with Crippen molar-refractivity contribution in [2.45, 2.75) is 25.7 Å². The van der Waals surface area contributed by atoms with E-state index in [1.807, 2.05) is 19.1 Å². The first-order valence-corrected chi connectivity index (χ1v) is 6.23. The number of nitrogens with one attached hydrogen (secondary N) is 1. The molecule has 1 N–H and O–H groups in total. The van der Waals surface area contributed by atoms with Gasteiger partial charge in [-0.25, -0.2) is 13.1 Å². The van der Waals surface area contributed by atoms with Gasteiger partial charge in [0, 0.05) is 6.54 Å². The third-order valence-corrected chi connectivity index (χ3v) is 3.93. The minimum Gasteiger partial charge on any atom is -0.211 e. The molecule has 1 radical (unpaired) electrons. The molecular formula is C11H16NO2S. The largest absolute Gasteiger partial charge is 0.241 e. The van der Waals surface area contributed by atoms with Gasteiger partial charge in [0.25, 0.3) is 0 Å². The highest BCUT2D eigenvalue weighted by Crippen LogP contribution is 2.21. The van der Waals surface area contributed by atoms with Gasteiger partial charge < -0.3 is 0 Å². The zero-order valence-corrected chi connectivity index (χ0v) is 10.1. The highest BCUT2D eigenvalue weighted by Gasteiger charge is 2.18. The Hall–Kier alpha value is -0.870. The second-order valence-corrected chi connectivity index (χ2v) is 5.33. The van der Waals surface area contributed by atoms with E-state index in [4.69, 9.17) is 0 Å². The van der Waals surface area contributed by atoms with Crippen LogP contribution in [0.1, 0.15) is 16.7 Å². The van der Waals surface area contributed by atoms with Crippen LogP contribution in [0.4, 0.5) is 0 Å². The van der Waals surface area contributed by atoms with Gasteiger partial charge in [-0.1, -0.05) is 17.7 Å². The molecule has 0 spiro atoms. The van der Waals surface area contributed by atoms with Crippen LogP contribution < -0.4 is 4.72 Å². The molecule has 0 heterocycles. The third kappa shape index (κ3) is 2.58. The SMILES string of the molecule is [CH2]CNS(=O)(=O)c1c(C)cc(C)cc1C. The molecule has 15 heavy (non-hydrogen) atoms. The van der Waals surface area contributed by atoms with Crippen molar-refractivity contribution < 1.29 is 8.42 Å². The molecular weight excluding hydrogens is 210 g/mol. The summed E-state index contributed by atoms with van der Waals surface area (Å²) < 4.78 is 26.1. The summed E-state index contributed by atoms with van der Waals surface area (Å²) in [4.78, 5) is 0.372. The first kappa shape index (κ1) is 12.2. The van der Waals surface area contributed by atoms with Crippen LogP contribution in [0.2, 0.25) is 0 Å². The predicted molar refractivity (Wildman–Crippen MR) is 61.2 cm³/mol. The van der Waals surface area contributed by atoms with Crippen molar-refractivity contribution in [2.24, 2.45) is 0 Å². The topological polar surface area (TPSA) is 46.2 Å². The molecule has 0 atom stereocenters. The summed E-state index contributed by atoms with van der Waals surface area (Å²) in [5, 5.41) is 0. The Kier molecular flexibility index (Phi) is 3.52. The monoisotopic (exact) mass is 226 g/mol. The van der Waals surface area contributed by atoms with E-state index >= 15 is 0 Å². The minimum absolute atomic E-state index is 0.162. The van der Waals surface area contributed by atoms with Crippen LogP contribution in [0, 0.1) is 27.7 Å². The van der Waals surface area contributed by atoms with Gasteiger partial charge in [0.2, 0.25) is 10.0 Å². The smallest absolute Gasteiger partial charge is 0.211 e. The lowest BCUT2D eigenvalue weighted by molar-refractivity contribution is 0.584. The molecule has 0 aliphatic rings. The van der Waals surface area contributed by atoms with Crippen molar-refractivity contribution in [2.75, 3.05) is 6.54 Å². The average Bonchev–Trinajstić information content (AvgIpc) is 1.99. The molecule has 0 unspecified atom stereocenters. The van der Waals surface area contributed by atoms with Crippen LogP contribution in [0.25, 0.3) is 0 Å². The second kappa shape index (κ2) is 4.33. The van der Waals surface area contributed by atoms with E-state index in [2.05, 4.69) is 11.6 Å². The minimum atomic E-state index is -3.40. The van der Waals surface area contributed by atoms with E-state index in [0.717, 1.165) is 16.7 Å². The van der Waals surface area contributed by atoms with Crippen molar-refractivity contribution in [3.8, 4) is 0 Å². The van der Waals surface area contributed by atoms with Crippen molar-refractivity contribution in [1.82, 2.24) is 4.72 Å². The zero-order chi connectivity index (χ0) is 11.6. The fourth-order valence-electron chi connectivity index (χ4n) is 1.80. The Labute approximate surface area is 91.6 Å². The van der Waals surface area contributed by atoms with Gasteiger partial charge in [-0.2, -0.15) is 0 Å². The van der Waals surface area contributed by atoms with E-state index in [1.165, 1.54) is 0 Å². The van der Waals surface area contributed by atoms with Crippen molar-refractivity contribution >= 4 is 10.0 Å². The molecule has 1 aromatic rings. The lowest BCUT2D eigenvalue weighted by Gasteiger charge is -2.11. The predicted octanol–water partition coefficient (Wildman–Crippen LogP) is 1.72. The number of rotatable bonds is 3. The number of hydrogen-bond acceptors (Lipinski definition) is 2. The first-order valence-electron chi connectivity index (χ1n) is 4.75. The number of benzene rings is 1. The van der Waals surface area contributed by atoms with E-state index in [0.29, 0.717) is 4.90 Å². The van der Waals surface area contributed by atoms with Gasteiger partial charge >= 0.3 is 0 Å². The Balaban J connectivity index is 3.38. The molecule has 0 saturated heterocycles. The Morgan fingerprint density at radius 1 is 1.20 bits per heavy atom. The zero-order valence-electron chi connectivity index (χ0n) is 9.29. The number of hydrogen-bond donors (Lipinski definition) is 1. The maximum absolute atomic E-state index is 11.8. The molecule has 0 bridgehead atoms. The molecule has 0 aromatic heterocycles. The Morgan fingerprint density at radius 2 is 1.67 bits per heavy atom. The van der Waals surface area contributed by atoms with E-state index < -0.39 is 10.0 Å². The summed E-state index contributed by atoms with van der Waals surface area (Å²) in [5.74, 6) is 0. The molecule has 0 saturated carbocycles. The summed E-state index contributed by atoms with van der Waals surface area (Å²) in [6.45, 7) is 9.20. The van der Waals surface area contributed by atoms with Crippen LogP contribution >= 0.6 is 0 Å². The van der Waals surface area contributed by atoms with Gasteiger partial charge in [0.15, 0.2) is 0 Å². The van der Waals surface area contributed by atoms with E-state index in [-0.39, 0.29) is 6.54 Å². The van der Waals surface area contributed by atoms with Gasteiger partial charge in [-0.05, 0) is 38.8 Å². The van der Waals surface area contributed by atoms with Gasteiger partial charge in [0.1, 0.15) is 0 Å². The molecule has 1 rings (SSSR count). The molecule has 3 nitrogen and oxygen atoms in total. The third-order valence-electron chi connectivity index (χ3n) is 2.17. The van der Waals surface area contributed by atoms with Crippen LogP contribution in [-0.4, -0.2) is 15.0 Å². The molecule has 1 aromatic carbocycles. The summed E-state index contributed by atoms with van der Waals surface area (Å²) >= 11 is 0. The summed E-state index contributed by atoms with van der Waals surface area (Å²) in [7, 11) is -3.40. The Morgan fingerprint density at radius 3 is 2.07 bits per heavy atom. The number of aryl methyl sites for hydroxylation is 3. The lowest BCUT2D eigenvalue weighted by Crippen LogP contribution is -2.25. The van der Waals surface area contributed by atoms with Gasteiger partial charge in [0.05, 0.1) is 4.90 Å². The molecule has 0 aliphatic carbocycles. The molecule has 83 valence electrons. The van der Waals surface area contributed by atoms with E-state index in [1.54, 1.807) is 13.8 Å². The van der Waals surface area contributed by atoms with Gasteiger partial charge in [-0.3, -0.25) is 0 Å². The van der Waals surface area contributed by atoms with Crippen molar-refractivity contribution in [1.29, 1.82) is 0 Å². The highest BCUT2D eigenvalue weighted by atomic mass is 32.2. The quantitative estimate of drug-likeness (QED) is 0.853. The second-order valence-electron chi connectivity index (χ2n) is 3.63. The Bertz CT molecular complexity index is 440. The average molecular weight is 226 g/mol. The van der Waals surface area contributed by atoms with Gasteiger partial charge in [-0.15, -0.1) is 0 Å². The highest BCUT2D eigenvalue weighted by molar-refractivity contribution is 7.89. The fraction of sp³-hybridized carbons (Fsp3) is 0.364. The summed E-state index contributed by atoms with van der Waals surface area (Å²) in [6.07, 6.45) is 0. The van der Waals surface area contributed by atoms with Crippen LogP contribution in [0.15, 0.2) is 17.0 Å². The summed E-state index contributed by atoms with van der Waals surface area (Å²) in [6, 6.07) is 3.73. The molecule has 4 heteroatoms. The molecule has 0 fully saturated rings. The lowest BCUT2D eigenvalue weighted by atomic mass is 10.1. The van der Waals surface area contributed by atoms with Crippen LogP contribution in [-0.2, 0) is 10.0 Å². The van der Waals surface area contributed by atoms with Crippen molar-refractivity contribution in [3.05, 3.63) is 35.7 Å². The van der Waals surface area contributed by atoms with Crippen LogP contribution in [0.3, 0.4) is 0 Å². The summed E-state index contributed by atoms with van der Waals surface area (Å²) in [5.41, 5.74) is 2.61. The molecule has 0 aliphatic heterocycles. The fourth-order valence-corrected chi connectivity index (χ4v) is 3.18. The van der Waals surface area contributed by atoms with Crippen LogP contribution in [0.5, 0.6) is 0 Å². The maximum atomic E-state index is 11.8.